The van der Waals surface area contributed by atoms with Gasteiger partial charge in [-0.25, -0.2) is 9.18 Å². The lowest BCUT2D eigenvalue weighted by Crippen LogP contribution is -2.30. The molecule has 1 aliphatic rings. The maximum atomic E-state index is 12.9. The largest absolute Gasteiger partial charge is 0.452 e. The Morgan fingerprint density at radius 2 is 1.53 bits per heavy atom. The first-order valence-corrected chi connectivity index (χ1v) is 10.6. The van der Waals surface area contributed by atoms with Crippen LogP contribution in [0.25, 0.3) is 0 Å². The fourth-order valence-electron chi connectivity index (χ4n) is 3.62. The molecule has 4 rings (SSSR count). The molecule has 1 heterocycles. The summed E-state index contributed by atoms with van der Waals surface area (Å²) in [5.74, 6) is -2.25. The van der Waals surface area contributed by atoms with Gasteiger partial charge in [0, 0.05) is 6.54 Å². The molecule has 7 nitrogen and oxygen atoms in total. The van der Waals surface area contributed by atoms with E-state index in [1.165, 1.54) is 24.3 Å². The molecule has 0 saturated heterocycles. The van der Waals surface area contributed by atoms with Crippen LogP contribution >= 0.6 is 0 Å². The van der Waals surface area contributed by atoms with Crippen molar-refractivity contribution in [3.8, 4) is 0 Å². The fourth-order valence-corrected chi connectivity index (χ4v) is 3.62. The summed E-state index contributed by atoms with van der Waals surface area (Å²) >= 11 is 0. The molecule has 3 amide bonds. The number of imide groups is 1. The Bertz CT molecular complexity index is 1220. The molecule has 0 aliphatic carbocycles. The number of halogens is 1. The first-order chi connectivity index (χ1) is 16.4. The van der Waals surface area contributed by atoms with Crippen molar-refractivity contribution in [2.45, 2.75) is 13.0 Å². The highest BCUT2D eigenvalue weighted by Crippen LogP contribution is 2.24. The third-order valence-corrected chi connectivity index (χ3v) is 5.37. The smallest absolute Gasteiger partial charge is 0.338 e. The van der Waals surface area contributed by atoms with Gasteiger partial charge in [-0.1, -0.05) is 36.4 Å². The Hall–Kier alpha value is -4.33. The third kappa shape index (κ3) is 5.17. The van der Waals surface area contributed by atoms with Crippen molar-refractivity contribution in [1.29, 1.82) is 0 Å². The zero-order valence-electron chi connectivity index (χ0n) is 18.1. The van der Waals surface area contributed by atoms with E-state index in [9.17, 15) is 23.6 Å². The Balaban J connectivity index is 1.28. The van der Waals surface area contributed by atoms with Crippen LogP contribution in [0.1, 0.15) is 42.2 Å². The molecule has 0 fully saturated rings. The minimum atomic E-state index is -0.696. The number of carbonyl (C=O) groups is 4. The minimum absolute atomic E-state index is 0.0112. The van der Waals surface area contributed by atoms with Crippen molar-refractivity contribution in [2.75, 3.05) is 13.2 Å². The molecule has 0 atom stereocenters. The standard InChI is InChI=1S/C26H21FN2O5/c27-20-10-8-17(9-11-20)12-13-28-23(30)16-34-26(33)19-5-3-4-18(14-19)15-29-24(31)21-6-1-2-7-22(21)25(29)32/h1-11,14H,12-13,15-16H2,(H,28,30). The zero-order valence-corrected chi connectivity index (χ0v) is 18.1. The Labute approximate surface area is 195 Å². The van der Waals surface area contributed by atoms with E-state index in [0.717, 1.165) is 10.5 Å². The molecule has 1 N–H and O–H groups in total. The van der Waals surface area contributed by atoms with E-state index >= 15 is 0 Å². The average molecular weight is 460 g/mol. The lowest BCUT2D eigenvalue weighted by atomic mass is 10.1. The van der Waals surface area contributed by atoms with Gasteiger partial charge in [-0.15, -0.1) is 0 Å². The summed E-state index contributed by atoms with van der Waals surface area (Å²) in [6.07, 6.45) is 0.514. The molecule has 3 aromatic rings. The minimum Gasteiger partial charge on any atom is -0.452 e. The highest BCUT2D eigenvalue weighted by atomic mass is 19.1. The van der Waals surface area contributed by atoms with E-state index in [0.29, 0.717) is 29.7 Å². The summed E-state index contributed by atoms with van der Waals surface area (Å²) in [7, 11) is 0. The predicted molar refractivity (Wildman–Crippen MR) is 120 cm³/mol. The SMILES string of the molecule is O=C(COC(=O)c1cccc(CN2C(=O)c3ccccc3C2=O)c1)NCCc1ccc(F)cc1. The molecule has 3 aromatic carbocycles. The highest BCUT2D eigenvalue weighted by Gasteiger charge is 2.35. The molecule has 0 bridgehead atoms. The summed E-state index contributed by atoms with van der Waals surface area (Å²) in [5, 5.41) is 2.64. The average Bonchev–Trinajstić information content (AvgIpc) is 3.09. The highest BCUT2D eigenvalue weighted by molar-refractivity contribution is 6.21. The summed E-state index contributed by atoms with van der Waals surface area (Å²) in [6.45, 7) is -0.125. The molecular weight excluding hydrogens is 439 g/mol. The van der Waals surface area contributed by atoms with Crippen LogP contribution in [0.5, 0.6) is 0 Å². The summed E-state index contributed by atoms with van der Waals surface area (Å²) in [6, 6.07) is 18.9. The second-order valence-corrected chi connectivity index (χ2v) is 7.74. The summed E-state index contributed by atoms with van der Waals surface area (Å²) < 4.78 is 18.0. The van der Waals surface area contributed by atoms with Crippen LogP contribution in [0, 0.1) is 5.82 Å². The normalized spacial score (nSPS) is 12.4. The maximum Gasteiger partial charge on any atom is 0.338 e. The number of nitrogens with one attached hydrogen (secondary N) is 1. The van der Waals surface area contributed by atoms with Crippen LogP contribution in [0.4, 0.5) is 4.39 Å². The van der Waals surface area contributed by atoms with Crippen LogP contribution in [0.2, 0.25) is 0 Å². The van der Waals surface area contributed by atoms with E-state index in [1.807, 2.05) is 0 Å². The monoisotopic (exact) mass is 460 g/mol. The van der Waals surface area contributed by atoms with Gasteiger partial charge in [-0.2, -0.15) is 0 Å². The molecule has 0 aromatic heterocycles. The number of esters is 1. The van der Waals surface area contributed by atoms with Gasteiger partial charge >= 0.3 is 5.97 Å². The second kappa shape index (κ2) is 10.1. The van der Waals surface area contributed by atoms with E-state index in [2.05, 4.69) is 5.32 Å². The van der Waals surface area contributed by atoms with Crippen LogP contribution in [0.15, 0.2) is 72.8 Å². The van der Waals surface area contributed by atoms with Gasteiger partial charge in [-0.05, 0) is 53.9 Å². The van der Waals surface area contributed by atoms with Crippen molar-refractivity contribution in [3.63, 3.8) is 0 Å². The summed E-state index contributed by atoms with van der Waals surface area (Å²) in [5.41, 5.74) is 2.36. The van der Waals surface area contributed by atoms with E-state index in [-0.39, 0.29) is 29.7 Å². The number of nitrogens with zero attached hydrogens (tertiary/aromatic N) is 1. The Morgan fingerprint density at radius 1 is 0.853 bits per heavy atom. The van der Waals surface area contributed by atoms with Crippen molar-refractivity contribution in [2.24, 2.45) is 0 Å². The van der Waals surface area contributed by atoms with E-state index in [1.54, 1.807) is 48.5 Å². The number of carbonyl (C=O) groups excluding carboxylic acids is 4. The summed E-state index contributed by atoms with van der Waals surface area (Å²) in [4.78, 5) is 50.6. The molecule has 0 unspecified atom stereocenters. The zero-order chi connectivity index (χ0) is 24.1. The van der Waals surface area contributed by atoms with Crippen LogP contribution in [-0.2, 0) is 22.5 Å². The number of benzene rings is 3. The number of ether oxygens (including phenoxy) is 1. The first kappa shape index (κ1) is 22.8. The van der Waals surface area contributed by atoms with Crippen molar-refractivity contribution in [3.05, 3.63) is 106 Å². The van der Waals surface area contributed by atoms with Crippen molar-refractivity contribution >= 4 is 23.7 Å². The second-order valence-electron chi connectivity index (χ2n) is 7.74. The predicted octanol–water partition coefficient (Wildman–Crippen LogP) is 3.14. The number of hydrogen-bond donors (Lipinski definition) is 1. The molecular formula is C26H21FN2O5. The fraction of sp³-hybridized carbons (Fsp3) is 0.154. The lowest BCUT2D eigenvalue weighted by molar-refractivity contribution is -0.124. The van der Waals surface area contributed by atoms with Crippen LogP contribution in [-0.4, -0.2) is 41.7 Å². The van der Waals surface area contributed by atoms with Gasteiger partial charge in [0.15, 0.2) is 6.61 Å². The quantitative estimate of drug-likeness (QED) is 0.412. The molecule has 172 valence electrons. The molecule has 0 radical (unpaired) electrons. The van der Waals surface area contributed by atoms with Gasteiger partial charge in [0.05, 0.1) is 23.2 Å². The number of hydrogen-bond acceptors (Lipinski definition) is 5. The topological polar surface area (TPSA) is 92.8 Å². The van der Waals surface area contributed by atoms with Gasteiger partial charge in [0.2, 0.25) is 0 Å². The number of amides is 3. The molecule has 34 heavy (non-hydrogen) atoms. The van der Waals surface area contributed by atoms with Gasteiger partial charge < -0.3 is 10.1 Å². The Kier molecular flexibility index (Phi) is 6.77. The molecule has 0 spiro atoms. The lowest BCUT2D eigenvalue weighted by Gasteiger charge is -2.14. The number of fused-ring (bicyclic) bond motifs is 1. The van der Waals surface area contributed by atoms with Gasteiger partial charge in [0.25, 0.3) is 17.7 Å². The van der Waals surface area contributed by atoms with Crippen LogP contribution < -0.4 is 5.32 Å². The van der Waals surface area contributed by atoms with E-state index < -0.39 is 18.5 Å². The first-order valence-electron chi connectivity index (χ1n) is 10.6. The van der Waals surface area contributed by atoms with Gasteiger partial charge in [-0.3, -0.25) is 19.3 Å². The van der Waals surface area contributed by atoms with Crippen LogP contribution in [0.3, 0.4) is 0 Å². The number of rotatable bonds is 8. The molecule has 0 saturated carbocycles. The van der Waals surface area contributed by atoms with Gasteiger partial charge in [0.1, 0.15) is 5.82 Å². The molecule has 8 heteroatoms. The third-order valence-electron chi connectivity index (χ3n) is 5.37. The van der Waals surface area contributed by atoms with Crippen molar-refractivity contribution in [1.82, 2.24) is 10.2 Å². The molecule has 1 aliphatic heterocycles. The maximum absolute atomic E-state index is 12.9. The van der Waals surface area contributed by atoms with E-state index in [4.69, 9.17) is 4.74 Å². The van der Waals surface area contributed by atoms with Crippen molar-refractivity contribution < 1.29 is 28.3 Å². The Morgan fingerprint density at radius 3 is 2.21 bits per heavy atom.